The van der Waals surface area contributed by atoms with Gasteiger partial charge in [0.15, 0.2) is 0 Å². The minimum Gasteiger partial charge on any atom is -0.396 e. The zero-order valence-corrected chi connectivity index (χ0v) is 14.7. The number of aliphatic hydroxyl groups is 1. The van der Waals surface area contributed by atoms with Crippen molar-refractivity contribution in [3.05, 3.63) is 14.7 Å². The Hall–Kier alpha value is 0.0500. The maximum atomic E-state index is 12.4. The molecule has 0 amide bonds. The third-order valence-electron chi connectivity index (χ3n) is 4.02. The number of hydrogen-bond donors (Lipinski definition) is 2. The minimum atomic E-state index is -3.50. The van der Waals surface area contributed by atoms with Crippen molar-refractivity contribution in [1.29, 1.82) is 0 Å². The summed E-state index contributed by atoms with van der Waals surface area (Å²) < 4.78 is 28.2. The lowest BCUT2D eigenvalue weighted by Gasteiger charge is -2.35. The van der Waals surface area contributed by atoms with Crippen LogP contribution in [-0.2, 0) is 10.0 Å². The van der Waals surface area contributed by atoms with Gasteiger partial charge in [0.25, 0.3) is 0 Å². The van der Waals surface area contributed by atoms with Crippen LogP contribution in [0, 0.1) is 12.3 Å². The van der Waals surface area contributed by atoms with Gasteiger partial charge in [0.2, 0.25) is 10.0 Å². The van der Waals surface area contributed by atoms with Gasteiger partial charge in [0, 0.05) is 23.4 Å². The normalized spacial score (nSPS) is 19.1. The second kappa shape index (κ2) is 6.44. The molecule has 1 heterocycles. The summed E-state index contributed by atoms with van der Waals surface area (Å²) >= 11 is 4.72. The van der Waals surface area contributed by atoms with Crippen molar-refractivity contribution in [3.8, 4) is 0 Å². The van der Waals surface area contributed by atoms with Gasteiger partial charge in [0.1, 0.15) is 0 Å². The molecule has 1 aromatic rings. The molecule has 1 aliphatic carbocycles. The van der Waals surface area contributed by atoms with Gasteiger partial charge in [-0.1, -0.05) is 19.3 Å². The first-order chi connectivity index (χ1) is 9.38. The van der Waals surface area contributed by atoms with E-state index in [1.165, 1.54) is 17.8 Å². The van der Waals surface area contributed by atoms with Crippen LogP contribution in [0.4, 0.5) is 0 Å². The van der Waals surface area contributed by atoms with Crippen LogP contribution >= 0.6 is 27.3 Å². The van der Waals surface area contributed by atoms with Crippen LogP contribution in [0.15, 0.2) is 14.7 Å². The Morgan fingerprint density at radius 3 is 2.55 bits per heavy atom. The number of nitrogens with one attached hydrogen (secondary N) is 1. The Morgan fingerprint density at radius 1 is 1.40 bits per heavy atom. The van der Waals surface area contributed by atoms with E-state index < -0.39 is 10.0 Å². The summed E-state index contributed by atoms with van der Waals surface area (Å²) in [6, 6.07) is 1.63. The van der Waals surface area contributed by atoms with Crippen molar-refractivity contribution in [1.82, 2.24) is 4.72 Å². The lowest BCUT2D eigenvalue weighted by Crippen LogP contribution is -2.41. The Balaban J connectivity index is 2.10. The molecule has 1 fully saturated rings. The van der Waals surface area contributed by atoms with E-state index in [-0.39, 0.29) is 12.0 Å². The number of halogens is 1. The van der Waals surface area contributed by atoms with Gasteiger partial charge in [-0.15, -0.1) is 11.3 Å². The van der Waals surface area contributed by atoms with Gasteiger partial charge in [0.05, 0.1) is 8.68 Å². The third kappa shape index (κ3) is 3.62. The zero-order chi connectivity index (χ0) is 14.8. The van der Waals surface area contributed by atoms with E-state index in [0.717, 1.165) is 34.3 Å². The quantitative estimate of drug-likeness (QED) is 0.823. The molecule has 0 unspecified atom stereocenters. The molecule has 0 aliphatic heterocycles. The fourth-order valence-corrected chi connectivity index (χ4v) is 6.29. The van der Waals surface area contributed by atoms with Crippen molar-refractivity contribution in [2.24, 2.45) is 5.41 Å². The maximum absolute atomic E-state index is 12.4. The van der Waals surface area contributed by atoms with Gasteiger partial charge < -0.3 is 5.11 Å². The SMILES string of the molecule is Cc1sc(Br)cc1S(=O)(=O)NCC1(CO)CCCCC1. The van der Waals surface area contributed by atoms with Gasteiger partial charge in [-0.2, -0.15) is 0 Å². The smallest absolute Gasteiger partial charge is 0.241 e. The molecule has 7 heteroatoms. The summed E-state index contributed by atoms with van der Waals surface area (Å²) in [5.74, 6) is 0. The number of aliphatic hydroxyl groups excluding tert-OH is 1. The second-order valence-corrected chi connectivity index (χ2v) is 9.89. The van der Waals surface area contributed by atoms with Crippen LogP contribution in [0.25, 0.3) is 0 Å². The molecule has 0 saturated heterocycles. The fourth-order valence-electron chi connectivity index (χ4n) is 2.72. The molecule has 1 aliphatic rings. The van der Waals surface area contributed by atoms with E-state index in [2.05, 4.69) is 20.7 Å². The molecule has 1 saturated carbocycles. The van der Waals surface area contributed by atoms with Crippen molar-refractivity contribution in [3.63, 3.8) is 0 Å². The van der Waals surface area contributed by atoms with Crippen LogP contribution in [-0.4, -0.2) is 26.7 Å². The first kappa shape index (κ1) is 16.4. The highest BCUT2D eigenvalue weighted by Crippen LogP contribution is 2.36. The van der Waals surface area contributed by atoms with E-state index in [9.17, 15) is 13.5 Å². The lowest BCUT2D eigenvalue weighted by molar-refractivity contribution is 0.0867. The maximum Gasteiger partial charge on any atom is 0.241 e. The van der Waals surface area contributed by atoms with Crippen molar-refractivity contribution in [2.75, 3.05) is 13.2 Å². The summed E-state index contributed by atoms with van der Waals surface area (Å²) in [7, 11) is -3.50. The molecule has 1 aromatic heterocycles. The molecule has 20 heavy (non-hydrogen) atoms. The lowest BCUT2D eigenvalue weighted by atomic mass is 9.75. The molecular formula is C13H20BrNO3S2. The fraction of sp³-hybridized carbons (Fsp3) is 0.692. The molecular weight excluding hydrogens is 362 g/mol. The van der Waals surface area contributed by atoms with Crippen molar-refractivity contribution < 1.29 is 13.5 Å². The van der Waals surface area contributed by atoms with Gasteiger partial charge in [-0.05, 0) is 41.8 Å². The molecule has 0 radical (unpaired) electrons. The predicted molar refractivity (Wildman–Crippen MR) is 84.5 cm³/mol. The molecule has 4 nitrogen and oxygen atoms in total. The van der Waals surface area contributed by atoms with E-state index in [4.69, 9.17) is 0 Å². The molecule has 2 rings (SSSR count). The topological polar surface area (TPSA) is 66.4 Å². The summed E-state index contributed by atoms with van der Waals surface area (Å²) in [6.07, 6.45) is 5.07. The molecule has 0 spiro atoms. The molecule has 0 atom stereocenters. The van der Waals surface area contributed by atoms with Crippen LogP contribution < -0.4 is 4.72 Å². The van der Waals surface area contributed by atoms with Gasteiger partial charge in [-0.25, -0.2) is 13.1 Å². The monoisotopic (exact) mass is 381 g/mol. The number of sulfonamides is 1. The highest BCUT2D eigenvalue weighted by Gasteiger charge is 2.33. The average molecular weight is 382 g/mol. The number of aryl methyl sites for hydroxylation is 1. The highest BCUT2D eigenvalue weighted by molar-refractivity contribution is 9.11. The summed E-state index contributed by atoms with van der Waals surface area (Å²) in [5.41, 5.74) is -0.285. The van der Waals surface area contributed by atoms with E-state index >= 15 is 0 Å². The Kier molecular flexibility index (Phi) is 5.29. The summed E-state index contributed by atoms with van der Waals surface area (Å²) in [6.45, 7) is 2.16. The Bertz CT molecular complexity index is 562. The van der Waals surface area contributed by atoms with Crippen LogP contribution in [0.5, 0.6) is 0 Å². The van der Waals surface area contributed by atoms with Crippen LogP contribution in [0.1, 0.15) is 37.0 Å². The van der Waals surface area contributed by atoms with E-state index in [1.54, 1.807) is 13.0 Å². The predicted octanol–water partition coefficient (Wildman–Crippen LogP) is 3.04. The van der Waals surface area contributed by atoms with Gasteiger partial charge >= 0.3 is 0 Å². The number of hydrogen-bond acceptors (Lipinski definition) is 4. The summed E-state index contributed by atoms with van der Waals surface area (Å²) in [4.78, 5) is 1.10. The highest BCUT2D eigenvalue weighted by atomic mass is 79.9. The van der Waals surface area contributed by atoms with Crippen molar-refractivity contribution in [2.45, 2.75) is 43.9 Å². The van der Waals surface area contributed by atoms with Crippen LogP contribution in [0.3, 0.4) is 0 Å². The standard InChI is InChI=1S/C13H20BrNO3S2/c1-10-11(7-12(14)19-10)20(17,18)15-8-13(9-16)5-3-2-4-6-13/h7,15-16H,2-6,8-9H2,1H3. The van der Waals surface area contributed by atoms with E-state index in [0.29, 0.717) is 11.4 Å². The van der Waals surface area contributed by atoms with Gasteiger partial charge in [-0.3, -0.25) is 0 Å². The Labute approximate surface area is 132 Å². The first-order valence-corrected chi connectivity index (χ1v) is 9.84. The van der Waals surface area contributed by atoms with Crippen LogP contribution in [0.2, 0.25) is 0 Å². The number of thiophene rings is 1. The molecule has 2 N–H and O–H groups in total. The molecule has 0 aromatic carbocycles. The number of rotatable bonds is 5. The third-order valence-corrected chi connectivity index (χ3v) is 7.23. The minimum absolute atomic E-state index is 0.0435. The summed E-state index contributed by atoms with van der Waals surface area (Å²) in [5, 5.41) is 9.63. The largest absolute Gasteiger partial charge is 0.396 e. The van der Waals surface area contributed by atoms with E-state index in [1.807, 2.05) is 0 Å². The average Bonchev–Trinajstić information content (AvgIpc) is 2.78. The first-order valence-electron chi connectivity index (χ1n) is 6.75. The molecule has 0 bridgehead atoms. The molecule has 114 valence electrons. The zero-order valence-electron chi connectivity index (χ0n) is 11.5. The van der Waals surface area contributed by atoms with Crippen molar-refractivity contribution >= 4 is 37.3 Å². The second-order valence-electron chi connectivity index (χ2n) is 5.51. The Morgan fingerprint density at radius 2 is 2.05 bits per heavy atom.